The van der Waals surface area contributed by atoms with E-state index in [0.717, 1.165) is 67.2 Å². The van der Waals surface area contributed by atoms with E-state index < -0.39 is 23.3 Å². The van der Waals surface area contributed by atoms with Crippen LogP contribution in [-0.2, 0) is 23.2 Å². The molecule has 5 heterocycles. The van der Waals surface area contributed by atoms with Gasteiger partial charge in [0.2, 0.25) is 0 Å². The number of carbonyl (C=O) groups is 2. The molecule has 2 amide bonds. The summed E-state index contributed by atoms with van der Waals surface area (Å²) in [5.74, 6) is -0.202. The second kappa shape index (κ2) is 14.1. The van der Waals surface area contributed by atoms with Gasteiger partial charge in [-0.1, -0.05) is 84.1 Å². The predicted molar refractivity (Wildman–Crippen MR) is 169 cm³/mol. The summed E-state index contributed by atoms with van der Waals surface area (Å²) in [6, 6.07) is 0.274. The minimum Gasteiger partial charge on any atom is -0.323 e. The maximum Gasteiger partial charge on any atom is 0.352 e. The van der Waals surface area contributed by atoms with Crippen LogP contribution in [0.3, 0.4) is 0 Å². The molecule has 0 radical (unpaired) electrons. The fourth-order valence-corrected chi connectivity index (χ4v) is 6.88. The van der Waals surface area contributed by atoms with Gasteiger partial charge in [-0.05, 0) is 31.5 Å². The molecular formula is C33H47N7O4. The number of hydrogen-bond acceptors (Lipinski definition) is 7. The fourth-order valence-electron chi connectivity index (χ4n) is 6.88. The fraction of sp³-hybridized carbons (Fsp3) is 0.636. The Morgan fingerprint density at radius 3 is 2.16 bits per heavy atom. The molecular weight excluding hydrogens is 558 g/mol. The Balaban J connectivity index is 1.58. The van der Waals surface area contributed by atoms with Crippen molar-refractivity contribution < 1.29 is 9.59 Å². The number of carbonyl (C=O) groups excluding carboxylic acids is 2. The van der Waals surface area contributed by atoms with Crippen molar-refractivity contribution in [3.05, 3.63) is 49.3 Å². The summed E-state index contributed by atoms with van der Waals surface area (Å²) in [7, 11) is 3.21. The third-order valence-electron chi connectivity index (χ3n) is 9.26. The molecule has 2 atom stereocenters. The molecule has 0 aromatic carbocycles. The van der Waals surface area contributed by atoms with Crippen molar-refractivity contribution in [3.8, 4) is 11.4 Å². The Bertz CT molecular complexity index is 1640. The molecule has 0 aliphatic carbocycles. The lowest BCUT2D eigenvalue weighted by atomic mass is 9.87. The van der Waals surface area contributed by atoms with Crippen molar-refractivity contribution >= 4 is 17.4 Å². The number of amides is 2. The number of pyridine rings is 1. The SMILES string of the molecule is CCCCCCCCN1CC2=CC3=c4c(cc5c(=O)n(C)c(=O)nc-5n4CCCCCCCC)=NC(=O)C3N(C)C2C(=O)N1. The quantitative estimate of drug-likeness (QED) is 0.327. The molecule has 0 saturated carbocycles. The number of nitrogens with one attached hydrogen (secondary N) is 1. The molecule has 1 N–H and O–H groups in total. The van der Waals surface area contributed by atoms with E-state index in [-0.39, 0.29) is 17.4 Å². The van der Waals surface area contributed by atoms with Crippen molar-refractivity contribution in [1.82, 2.24) is 29.5 Å². The van der Waals surface area contributed by atoms with Crippen LogP contribution in [0.4, 0.5) is 0 Å². The normalized spacial score (nSPS) is 20.2. The zero-order chi connectivity index (χ0) is 31.4. The number of aromatic nitrogens is 3. The summed E-state index contributed by atoms with van der Waals surface area (Å²) in [4.78, 5) is 63.4. The number of likely N-dealkylation sites (N-methyl/N-ethyl adjacent to an activating group) is 1. The van der Waals surface area contributed by atoms with E-state index in [9.17, 15) is 19.2 Å². The first-order valence-corrected chi connectivity index (χ1v) is 16.5. The standard InChI is InChI=1S/C33H47N7O4/c1-5-7-9-11-13-15-17-39-21-22-19-23-27-25(34-30(41)28(23)37(3)26(22)31(42)36-39)20-24-29(35-33(44)38(4)32(24)43)40(27)18-16-14-12-10-8-6-2/h19-20,26,28H,5-18,21H2,1-4H3,(H,36,42). The molecule has 238 valence electrons. The molecule has 0 spiro atoms. The zero-order valence-corrected chi connectivity index (χ0v) is 26.7. The molecule has 5 aliphatic rings. The van der Waals surface area contributed by atoms with Gasteiger partial charge < -0.3 is 4.57 Å². The second-order valence-corrected chi connectivity index (χ2v) is 12.6. The number of rotatable bonds is 14. The van der Waals surface area contributed by atoms with Crippen molar-refractivity contribution in [1.29, 1.82) is 0 Å². The van der Waals surface area contributed by atoms with Gasteiger partial charge in [-0.25, -0.2) is 14.8 Å². The van der Waals surface area contributed by atoms with Crippen LogP contribution in [-0.4, -0.2) is 68.1 Å². The molecule has 0 aromatic heterocycles. The second-order valence-electron chi connectivity index (χ2n) is 12.6. The largest absolute Gasteiger partial charge is 0.352 e. The summed E-state index contributed by atoms with van der Waals surface area (Å²) in [5, 5.41) is 3.08. The van der Waals surface area contributed by atoms with Crippen molar-refractivity contribution in [2.75, 3.05) is 20.1 Å². The van der Waals surface area contributed by atoms with Crippen LogP contribution >= 0.6 is 0 Å². The first-order chi connectivity index (χ1) is 21.3. The van der Waals surface area contributed by atoms with E-state index in [4.69, 9.17) is 0 Å². The first kappa shape index (κ1) is 32.0. The Labute approximate surface area is 258 Å². The highest BCUT2D eigenvalue weighted by atomic mass is 16.2. The van der Waals surface area contributed by atoms with E-state index in [1.54, 1.807) is 13.1 Å². The molecule has 11 heteroatoms. The highest BCUT2D eigenvalue weighted by molar-refractivity contribution is 5.99. The van der Waals surface area contributed by atoms with E-state index in [0.29, 0.717) is 29.6 Å². The van der Waals surface area contributed by atoms with Crippen LogP contribution in [0.15, 0.2) is 32.3 Å². The van der Waals surface area contributed by atoms with Gasteiger partial charge in [-0.15, -0.1) is 0 Å². The summed E-state index contributed by atoms with van der Waals surface area (Å²) in [5.41, 5.74) is 3.91. The third-order valence-corrected chi connectivity index (χ3v) is 9.26. The van der Waals surface area contributed by atoms with Crippen LogP contribution in [0.1, 0.15) is 90.9 Å². The lowest BCUT2D eigenvalue weighted by Gasteiger charge is -2.44. The van der Waals surface area contributed by atoms with E-state index in [2.05, 4.69) is 29.2 Å². The van der Waals surface area contributed by atoms with Crippen LogP contribution in [0, 0.1) is 0 Å². The predicted octanol–water partition coefficient (Wildman–Crippen LogP) is 2.03. The smallest absolute Gasteiger partial charge is 0.323 e. The van der Waals surface area contributed by atoms with Gasteiger partial charge in [0, 0.05) is 32.3 Å². The molecule has 44 heavy (non-hydrogen) atoms. The molecule has 1 saturated heterocycles. The molecule has 11 nitrogen and oxygen atoms in total. The number of hydrazine groups is 1. The maximum absolute atomic E-state index is 13.6. The molecule has 1 fully saturated rings. The van der Waals surface area contributed by atoms with Gasteiger partial charge in [-0.2, -0.15) is 4.98 Å². The topological polar surface area (TPSA) is 122 Å². The maximum atomic E-state index is 13.6. The lowest BCUT2D eigenvalue weighted by molar-refractivity contribution is -0.134. The lowest BCUT2D eigenvalue weighted by Crippen LogP contribution is -2.64. The summed E-state index contributed by atoms with van der Waals surface area (Å²) in [6.07, 6.45) is 15.5. The number of nitrogens with zero attached hydrogens (tertiary/aromatic N) is 6. The average Bonchev–Trinajstić information content (AvgIpc) is 2.99. The van der Waals surface area contributed by atoms with Gasteiger partial charge in [0.1, 0.15) is 12.1 Å². The highest BCUT2D eigenvalue weighted by Gasteiger charge is 2.45. The van der Waals surface area contributed by atoms with Crippen LogP contribution in [0.25, 0.3) is 17.0 Å². The summed E-state index contributed by atoms with van der Waals surface area (Å²) >= 11 is 0. The summed E-state index contributed by atoms with van der Waals surface area (Å²) < 4.78 is 2.91. The third kappa shape index (κ3) is 6.35. The zero-order valence-electron chi connectivity index (χ0n) is 26.7. The van der Waals surface area contributed by atoms with Crippen molar-refractivity contribution in [2.45, 2.75) is 110 Å². The molecule has 5 rings (SSSR count). The Morgan fingerprint density at radius 2 is 1.48 bits per heavy atom. The average molecular weight is 606 g/mol. The van der Waals surface area contributed by atoms with Crippen LogP contribution < -0.4 is 27.4 Å². The van der Waals surface area contributed by atoms with Gasteiger partial charge in [-0.3, -0.25) is 29.3 Å². The van der Waals surface area contributed by atoms with E-state index in [1.165, 1.54) is 39.2 Å². The number of unbranched alkanes of at least 4 members (excludes halogenated alkanes) is 10. The van der Waals surface area contributed by atoms with Crippen LogP contribution in [0.5, 0.6) is 0 Å². The summed E-state index contributed by atoms with van der Waals surface area (Å²) in [6.45, 7) is 6.25. The Hall–Kier alpha value is -3.44. The number of fused-ring (bicyclic) bond motifs is 4. The van der Waals surface area contributed by atoms with Gasteiger partial charge in [0.15, 0.2) is 5.82 Å². The Morgan fingerprint density at radius 1 is 0.841 bits per heavy atom. The van der Waals surface area contributed by atoms with E-state index >= 15 is 0 Å². The number of hydrogen-bond donors (Lipinski definition) is 1. The monoisotopic (exact) mass is 605 g/mol. The van der Waals surface area contributed by atoms with E-state index in [1.807, 2.05) is 20.6 Å². The molecule has 2 unspecified atom stereocenters. The Kier molecular flexibility index (Phi) is 10.3. The van der Waals surface area contributed by atoms with Crippen molar-refractivity contribution in [3.63, 3.8) is 0 Å². The molecule has 5 aliphatic heterocycles. The highest BCUT2D eigenvalue weighted by Crippen LogP contribution is 2.30. The van der Waals surface area contributed by atoms with Gasteiger partial charge in [0.25, 0.3) is 17.4 Å². The molecule has 0 bridgehead atoms. The minimum absolute atomic E-state index is 0.145. The van der Waals surface area contributed by atoms with Gasteiger partial charge in [0.05, 0.1) is 16.3 Å². The minimum atomic E-state index is -0.751. The van der Waals surface area contributed by atoms with Crippen molar-refractivity contribution in [2.24, 2.45) is 12.0 Å². The molecule has 0 aromatic rings. The van der Waals surface area contributed by atoms with Gasteiger partial charge >= 0.3 is 5.69 Å². The first-order valence-electron chi connectivity index (χ1n) is 16.5. The van der Waals surface area contributed by atoms with Crippen LogP contribution in [0.2, 0.25) is 0 Å².